The monoisotopic (exact) mass is 418 g/mol. The van der Waals surface area contributed by atoms with E-state index in [1.165, 1.54) is 0 Å². The molecule has 0 bridgehead atoms. The van der Waals surface area contributed by atoms with E-state index in [4.69, 9.17) is 32.7 Å². The highest BCUT2D eigenvalue weighted by molar-refractivity contribution is 6.37. The van der Waals surface area contributed by atoms with Gasteiger partial charge in [-0.25, -0.2) is 4.98 Å². The van der Waals surface area contributed by atoms with Gasteiger partial charge < -0.3 is 14.0 Å². The first kappa shape index (κ1) is 20.6. The highest BCUT2D eigenvalue weighted by atomic mass is 35.5. The van der Waals surface area contributed by atoms with Crippen LogP contribution in [-0.2, 0) is 13.2 Å². The molecule has 148 valence electrons. The molecule has 0 fully saturated rings. The second kappa shape index (κ2) is 11.0. The summed E-state index contributed by atoms with van der Waals surface area (Å²) < 4.78 is 13.7. The van der Waals surface area contributed by atoms with Gasteiger partial charge in [-0.15, -0.1) is 0 Å². The molecule has 3 aromatic rings. The van der Waals surface area contributed by atoms with E-state index in [1.807, 2.05) is 42.9 Å². The molecule has 0 unspecified atom stereocenters. The molecule has 28 heavy (non-hydrogen) atoms. The van der Waals surface area contributed by atoms with Crippen LogP contribution in [0.3, 0.4) is 0 Å². The highest BCUT2D eigenvalue weighted by Crippen LogP contribution is 2.37. The first-order chi connectivity index (χ1) is 13.7. The van der Waals surface area contributed by atoms with E-state index in [0.29, 0.717) is 34.8 Å². The highest BCUT2D eigenvalue weighted by Gasteiger charge is 2.11. The zero-order valence-corrected chi connectivity index (χ0v) is 17.2. The van der Waals surface area contributed by atoms with Gasteiger partial charge in [-0.2, -0.15) is 0 Å². The van der Waals surface area contributed by atoms with E-state index in [1.54, 1.807) is 18.3 Å². The van der Waals surface area contributed by atoms with Crippen molar-refractivity contribution in [2.24, 2.45) is 0 Å². The second-order valence-corrected chi connectivity index (χ2v) is 7.37. The maximum Gasteiger partial charge on any atom is 0.156 e. The van der Waals surface area contributed by atoms with Crippen molar-refractivity contribution < 1.29 is 9.47 Å². The van der Waals surface area contributed by atoms with Crippen LogP contribution in [0, 0.1) is 0 Å². The third-order valence-corrected chi connectivity index (χ3v) is 4.90. The summed E-state index contributed by atoms with van der Waals surface area (Å²) >= 11 is 12.7. The van der Waals surface area contributed by atoms with Crippen molar-refractivity contribution in [1.82, 2.24) is 9.55 Å². The third-order valence-electron chi connectivity index (χ3n) is 4.34. The smallest absolute Gasteiger partial charge is 0.156 e. The van der Waals surface area contributed by atoms with Crippen molar-refractivity contribution >= 4 is 23.2 Å². The molecule has 1 aromatic heterocycles. The minimum absolute atomic E-state index is 0.465. The normalized spacial score (nSPS) is 10.8. The number of hydrogen-bond acceptors (Lipinski definition) is 3. The number of hydrogen-bond donors (Lipinski definition) is 0. The van der Waals surface area contributed by atoms with E-state index >= 15 is 0 Å². The minimum atomic E-state index is 0.465. The quantitative estimate of drug-likeness (QED) is 0.337. The van der Waals surface area contributed by atoms with Gasteiger partial charge in [-0.3, -0.25) is 0 Å². The molecular formula is C22H24Cl2N2O2. The molecule has 0 aliphatic carbocycles. The van der Waals surface area contributed by atoms with Crippen LogP contribution in [0.5, 0.6) is 11.5 Å². The molecule has 2 aromatic carbocycles. The molecule has 0 atom stereocenters. The van der Waals surface area contributed by atoms with Gasteiger partial charge in [-0.1, -0.05) is 66.4 Å². The first-order valence-corrected chi connectivity index (χ1v) is 10.2. The lowest BCUT2D eigenvalue weighted by molar-refractivity contribution is 0.297. The summed E-state index contributed by atoms with van der Waals surface area (Å²) in [5, 5.41) is 0.936. The Morgan fingerprint density at radius 1 is 0.893 bits per heavy atom. The third kappa shape index (κ3) is 6.47. The van der Waals surface area contributed by atoms with Crippen LogP contribution in [0.2, 0.25) is 10.0 Å². The summed E-state index contributed by atoms with van der Waals surface area (Å²) in [5.74, 6) is 1.15. The number of aryl methyl sites for hydroxylation is 1. The van der Waals surface area contributed by atoms with Gasteiger partial charge in [0.1, 0.15) is 12.4 Å². The number of halogens is 2. The van der Waals surface area contributed by atoms with Gasteiger partial charge in [0.2, 0.25) is 0 Å². The lowest BCUT2D eigenvalue weighted by Crippen LogP contribution is -2.00. The van der Waals surface area contributed by atoms with Gasteiger partial charge >= 0.3 is 0 Å². The predicted molar refractivity (Wildman–Crippen MR) is 113 cm³/mol. The Bertz CT molecular complexity index is 816. The van der Waals surface area contributed by atoms with Crippen LogP contribution in [0.25, 0.3) is 0 Å². The summed E-state index contributed by atoms with van der Waals surface area (Å²) in [6, 6.07) is 13.4. The zero-order chi connectivity index (χ0) is 19.6. The molecule has 0 spiro atoms. The predicted octanol–water partition coefficient (Wildman–Crippen LogP) is 6.41. The van der Waals surface area contributed by atoms with E-state index in [2.05, 4.69) is 9.55 Å². The standard InChI is InChI=1S/C22H24Cl2N2O2/c23-20-14-19(28-16-18-8-4-3-5-9-18)15-21(24)22(20)27-13-7-2-1-6-11-26-12-10-25-17-26/h3-5,8-10,12,14-15,17H,1-2,6-7,11,13,16H2. The van der Waals surface area contributed by atoms with Gasteiger partial charge in [0.05, 0.1) is 23.0 Å². The minimum Gasteiger partial charge on any atom is -0.490 e. The number of ether oxygens (including phenoxy) is 2. The molecule has 6 heteroatoms. The van der Waals surface area contributed by atoms with Crippen LogP contribution in [0.1, 0.15) is 31.2 Å². The second-order valence-electron chi connectivity index (χ2n) is 6.55. The molecule has 0 aliphatic rings. The fourth-order valence-electron chi connectivity index (χ4n) is 2.84. The van der Waals surface area contributed by atoms with Gasteiger partial charge in [0, 0.05) is 31.1 Å². The summed E-state index contributed by atoms with van der Waals surface area (Å²) in [7, 11) is 0. The number of aromatic nitrogens is 2. The molecule has 1 heterocycles. The number of unbranched alkanes of at least 4 members (excludes halogenated alkanes) is 3. The van der Waals surface area contributed by atoms with Crippen molar-refractivity contribution in [3.63, 3.8) is 0 Å². The number of benzene rings is 2. The average molecular weight is 419 g/mol. The van der Waals surface area contributed by atoms with Crippen LogP contribution >= 0.6 is 23.2 Å². The lowest BCUT2D eigenvalue weighted by atomic mass is 10.2. The SMILES string of the molecule is Clc1cc(OCc2ccccc2)cc(Cl)c1OCCCCCCn1ccnc1. The Kier molecular flexibility index (Phi) is 8.07. The number of imidazole rings is 1. The Balaban J connectivity index is 1.39. The Labute approximate surface area is 176 Å². The fraction of sp³-hybridized carbons (Fsp3) is 0.318. The summed E-state index contributed by atoms with van der Waals surface area (Å²) in [6.07, 6.45) is 9.98. The zero-order valence-electron chi connectivity index (χ0n) is 15.7. The summed E-state index contributed by atoms with van der Waals surface area (Å²) in [4.78, 5) is 4.04. The van der Waals surface area contributed by atoms with Crippen molar-refractivity contribution in [1.29, 1.82) is 0 Å². The molecule has 0 aliphatic heterocycles. The average Bonchev–Trinajstić information content (AvgIpc) is 3.21. The molecule has 0 amide bonds. The van der Waals surface area contributed by atoms with Crippen LogP contribution in [0.4, 0.5) is 0 Å². The summed E-state index contributed by atoms with van der Waals surface area (Å²) in [6.45, 7) is 2.06. The fourth-order valence-corrected chi connectivity index (χ4v) is 3.42. The van der Waals surface area contributed by atoms with Crippen LogP contribution in [-0.4, -0.2) is 16.2 Å². The molecule has 0 radical (unpaired) electrons. The number of rotatable bonds is 11. The van der Waals surface area contributed by atoms with Gasteiger partial charge in [0.15, 0.2) is 5.75 Å². The number of nitrogens with zero attached hydrogens (tertiary/aromatic N) is 2. The Morgan fingerprint density at radius 2 is 1.64 bits per heavy atom. The maximum absolute atomic E-state index is 6.34. The van der Waals surface area contributed by atoms with Gasteiger partial charge in [-0.05, 0) is 18.4 Å². The Hall–Kier alpha value is -2.17. The van der Waals surface area contributed by atoms with E-state index < -0.39 is 0 Å². The van der Waals surface area contributed by atoms with Crippen molar-refractivity contribution in [3.05, 3.63) is 76.8 Å². The summed E-state index contributed by atoms with van der Waals surface area (Å²) in [5.41, 5.74) is 1.09. The topological polar surface area (TPSA) is 36.3 Å². The van der Waals surface area contributed by atoms with Crippen LogP contribution in [0.15, 0.2) is 61.2 Å². The molecular weight excluding hydrogens is 395 g/mol. The van der Waals surface area contributed by atoms with Crippen molar-refractivity contribution in [2.45, 2.75) is 38.8 Å². The van der Waals surface area contributed by atoms with Gasteiger partial charge in [0.25, 0.3) is 0 Å². The Morgan fingerprint density at radius 3 is 2.36 bits per heavy atom. The van der Waals surface area contributed by atoms with Crippen molar-refractivity contribution in [3.8, 4) is 11.5 Å². The lowest BCUT2D eigenvalue weighted by Gasteiger charge is -2.13. The van der Waals surface area contributed by atoms with E-state index in [0.717, 1.165) is 37.8 Å². The first-order valence-electron chi connectivity index (χ1n) is 9.46. The largest absolute Gasteiger partial charge is 0.490 e. The molecule has 0 N–H and O–H groups in total. The van der Waals surface area contributed by atoms with E-state index in [9.17, 15) is 0 Å². The van der Waals surface area contributed by atoms with E-state index in [-0.39, 0.29) is 0 Å². The molecule has 0 saturated carbocycles. The molecule has 0 saturated heterocycles. The van der Waals surface area contributed by atoms with Crippen LogP contribution < -0.4 is 9.47 Å². The maximum atomic E-state index is 6.34. The molecule has 4 nitrogen and oxygen atoms in total. The molecule has 3 rings (SSSR count). The van der Waals surface area contributed by atoms with Crippen molar-refractivity contribution in [2.75, 3.05) is 6.61 Å².